The third-order valence-electron chi connectivity index (χ3n) is 4.06. The SMILES string of the molecule is O=C(Cc1ccccc1Cl)NC[C@](O)(c1cccs1)C1CC1. The number of halogens is 1. The van der Waals surface area contributed by atoms with Gasteiger partial charge in [0.05, 0.1) is 13.0 Å². The van der Waals surface area contributed by atoms with E-state index in [4.69, 9.17) is 11.6 Å². The number of hydrogen-bond donors (Lipinski definition) is 2. The van der Waals surface area contributed by atoms with Crippen molar-refractivity contribution in [3.63, 3.8) is 0 Å². The number of nitrogens with one attached hydrogen (secondary N) is 1. The van der Waals surface area contributed by atoms with E-state index >= 15 is 0 Å². The number of rotatable bonds is 6. The quantitative estimate of drug-likeness (QED) is 0.850. The van der Waals surface area contributed by atoms with Gasteiger partial charge in [0, 0.05) is 9.90 Å². The van der Waals surface area contributed by atoms with Crippen molar-refractivity contribution >= 4 is 28.8 Å². The molecule has 0 radical (unpaired) electrons. The monoisotopic (exact) mass is 335 g/mol. The van der Waals surface area contributed by atoms with Crippen LogP contribution in [0.1, 0.15) is 23.3 Å². The van der Waals surface area contributed by atoms with Gasteiger partial charge in [0.2, 0.25) is 5.91 Å². The highest BCUT2D eigenvalue weighted by atomic mass is 35.5. The van der Waals surface area contributed by atoms with Crippen molar-refractivity contribution in [3.05, 3.63) is 57.2 Å². The van der Waals surface area contributed by atoms with Crippen molar-refractivity contribution in [2.24, 2.45) is 5.92 Å². The summed E-state index contributed by atoms with van der Waals surface area (Å²) < 4.78 is 0. The maximum Gasteiger partial charge on any atom is 0.224 e. The Morgan fingerprint density at radius 2 is 2.09 bits per heavy atom. The maximum absolute atomic E-state index is 12.1. The van der Waals surface area contributed by atoms with Crippen molar-refractivity contribution in [1.82, 2.24) is 5.32 Å². The fourth-order valence-corrected chi connectivity index (χ4v) is 3.74. The summed E-state index contributed by atoms with van der Waals surface area (Å²) in [6, 6.07) is 11.2. The molecule has 1 atom stereocenters. The second kappa shape index (κ2) is 6.41. The summed E-state index contributed by atoms with van der Waals surface area (Å²) in [6.45, 7) is 0.251. The zero-order valence-corrected chi connectivity index (χ0v) is 13.7. The van der Waals surface area contributed by atoms with Crippen molar-refractivity contribution in [3.8, 4) is 0 Å². The van der Waals surface area contributed by atoms with E-state index in [-0.39, 0.29) is 24.8 Å². The lowest BCUT2D eigenvalue weighted by Gasteiger charge is -2.27. The molecule has 0 aliphatic heterocycles. The van der Waals surface area contributed by atoms with Crippen LogP contribution in [0.15, 0.2) is 41.8 Å². The minimum atomic E-state index is -0.940. The molecule has 1 aliphatic rings. The first-order chi connectivity index (χ1) is 10.6. The van der Waals surface area contributed by atoms with Gasteiger partial charge in [-0.2, -0.15) is 0 Å². The Morgan fingerprint density at radius 3 is 2.73 bits per heavy atom. The summed E-state index contributed by atoms with van der Waals surface area (Å²) in [7, 11) is 0. The van der Waals surface area contributed by atoms with Crippen LogP contribution in [0.25, 0.3) is 0 Å². The second-order valence-corrected chi connectivity index (χ2v) is 7.08. The van der Waals surface area contributed by atoms with Crippen LogP contribution in [0.2, 0.25) is 5.02 Å². The predicted octanol–water partition coefficient (Wildman–Crippen LogP) is 3.36. The lowest BCUT2D eigenvalue weighted by molar-refractivity contribution is -0.122. The molecule has 1 fully saturated rings. The van der Waals surface area contributed by atoms with Crippen LogP contribution in [-0.4, -0.2) is 17.6 Å². The molecule has 1 amide bonds. The summed E-state index contributed by atoms with van der Waals surface area (Å²) in [4.78, 5) is 13.1. The Balaban J connectivity index is 1.63. The van der Waals surface area contributed by atoms with Gasteiger partial charge >= 0.3 is 0 Å². The van der Waals surface area contributed by atoms with Crippen LogP contribution < -0.4 is 5.32 Å². The largest absolute Gasteiger partial charge is 0.382 e. The number of amides is 1. The highest BCUT2D eigenvalue weighted by Gasteiger charge is 2.45. The minimum Gasteiger partial charge on any atom is -0.382 e. The average molecular weight is 336 g/mol. The Morgan fingerprint density at radius 1 is 1.32 bits per heavy atom. The topological polar surface area (TPSA) is 49.3 Å². The molecule has 0 bridgehead atoms. The second-order valence-electron chi connectivity index (χ2n) is 5.72. The average Bonchev–Trinajstić information content (AvgIpc) is 3.22. The van der Waals surface area contributed by atoms with Crippen molar-refractivity contribution in [2.75, 3.05) is 6.54 Å². The minimum absolute atomic E-state index is 0.122. The van der Waals surface area contributed by atoms with Gasteiger partial charge in [-0.1, -0.05) is 35.9 Å². The lowest BCUT2D eigenvalue weighted by Crippen LogP contribution is -2.42. The van der Waals surface area contributed by atoms with Gasteiger partial charge in [0.15, 0.2) is 0 Å². The molecule has 1 saturated carbocycles. The molecule has 5 heteroatoms. The van der Waals surface area contributed by atoms with E-state index < -0.39 is 5.60 Å². The van der Waals surface area contributed by atoms with Gasteiger partial charge in [-0.05, 0) is 41.8 Å². The summed E-state index contributed by atoms with van der Waals surface area (Å²) >= 11 is 7.61. The Labute approximate surface area is 138 Å². The fourth-order valence-electron chi connectivity index (χ4n) is 2.63. The first-order valence-corrected chi connectivity index (χ1v) is 8.62. The first-order valence-electron chi connectivity index (χ1n) is 7.36. The van der Waals surface area contributed by atoms with E-state index in [0.717, 1.165) is 23.3 Å². The molecular formula is C17H18ClNO2S. The molecule has 1 aromatic carbocycles. The van der Waals surface area contributed by atoms with Crippen LogP contribution in [0.5, 0.6) is 0 Å². The molecule has 116 valence electrons. The predicted molar refractivity (Wildman–Crippen MR) is 89.1 cm³/mol. The smallest absolute Gasteiger partial charge is 0.224 e. The van der Waals surface area contributed by atoms with Crippen molar-refractivity contribution in [1.29, 1.82) is 0 Å². The number of thiophene rings is 1. The summed E-state index contributed by atoms with van der Waals surface area (Å²) in [6.07, 6.45) is 2.24. The molecule has 3 rings (SSSR count). The van der Waals surface area contributed by atoms with Crippen molar-refractivity contribution < 1.29 is 9.90 Å². The third kappa shape index (κ3) is 3.35. The number of aliphatic hydroxyl groups is 1. The summed E-state index contributed by atoms with van der Waals surface area (Å²) in [5.74, 6) is 0.121. The number of carbonyl (C=O) groups excluding carboxylic acids is 1. The Hall–Kier alpha value is -1.36. The molecule has 2 aromatic rings. The van der Waals surface area contributed by atoms with E-state index in [0.29, 0.717) is 5.02 Å². The molecule has 2 N–H and O–H groups in total. The van der Waals surface area contributed by atoms with E-state index in [9.17, 15) is 9.90 Å². The van der Waals surface area contributed by atoms with E-state index in [1.165, 1.54) is 11.3 Å². The van der Waals surface area contributed by atoms with E-state index in [2.05, 4.69) is 5.32 Å². The first kappa shape index (κ1) is 15.5. The maximum atomic E-state index is 12.1. The molecule has 0 saturated heterocycles. The van der Waals surface area contributed by atoms with Gasteiger partial charge in [0.25, 0.3) is 0 Å². The zero-order valence-electron chi connectivity index (χ0n) is 12.1. The fraction of sp³-hybridized carbons (Fsp3) is 0.353. The molecule has 1 heterocycles. The lowest BCUT2D eigenvalue weighted by atomic mass is 9.95. The highest BCUT2D eigenvalue weighted by molar-refractivity contribution is 7.10. The zero-order chi connectivity index (χ0) is 15.6. The third-order valence-corrected chi connectivity index (χ3v) is 5.47. The van der Waals surface area contributed by atoms with E-state index in [1.807, 2.05) is 35.7 Å². The van der Waals surface area contributed by atoms with Crippen LogP contribution in [0.4, 0.5) is 0 Å². The van der Waals surface area contributed by atoms with E-state index in [1.54, 1.807) is 6.07 Å². The number of hydrogen-bond acceptors (Lipinski definition) is 3. The number of carbonyl (C=O) groups is 1. The molecule has 22 heavy (non-hydrogen) atoms. The Kier molecular flexibility index (Phi) is 4.52. The summed E-state index contributed by atoms with van der Waals surface area (Å²) in [5.41, 5.74) is -0.141. The van der Waals surface area contributed by atoms with Gasteiger partial charge in [-0.15, -0.1) is 11.3 Å². The van der Waals surface area contributed by atoms with Gasteiger partial charge in [0.1, 0.15) is 5.60 Å². The molecule has 0 spiro atoms. The molecule has 0 unspecified atom stereocenters. The summed E-state index contributed by atoms with van der Waals surface area (Å²) in [5, 5.41) is 16.4. The molecule has 1 aliphatic carbocycles. The van der Waals surface area contributed by atoms with Gasteiger partial charge in [-0.3, -0.25) is 4.79 Å². The molecule has 3 nitrogen and oxygen atoms in total. The standard InChI is InChI=1S/C17H18ClNO2S/c18-14-5-2-1-4-12(14)10-16(20)19-11-17(21,13-7-8-13)15-6-3-9-22-15/h1-6,9,13,21H,7-8,10-11H2,(H,19,20)/t17-/m1/s1. The van der Waals surface area contributed by atoms with Crippen LogP contribution >= 0.6 is 22.9 Å². The van der Waals surface area contributed by atoms with Crippen LogP contribution in [-0.2, 0) is 16.8 Å². The Bertz CT molecular complexity index is 654. The van der Waals surface area contributed by atoms with Gasteiger partial charge < -0.3 is 10.4 Å². The van der Waals surface area contributed by atoms with Crippen molar-refractivity contribution in [2.45, 2.75) is 24.9 Å². The molecular weight excluding hydrogens is 318 g/mol. The van der Waals surface area contributed by atoms with Gasteiger partial charge in [-0.25, -0.2) is 0 Å². The molecule has 1 aromatic heterocycles. The number of benzene rings is 1. The van der Waals surface area contributed by atoms with Crippen LogP contribution in [0.3, 0.4) is 0 Å². The highest BCUT2D eigenvalue weighted by Crippen LogP contribution is 2.46. The van der Waals surface area contributed by atoms with Crippen LogP contribution in [0, 0.1) is 5.92 Å². The normalized spacial score (nSPS) is 17.0.